The van der Waals surface area contributed by atoms with E-state index in [1.165, 1.54) is 0 Å². The summed E-state index contributed by atoms with van der Waals surface area (Å²) in [6.45, 7) is 3.30. The molecule has 4 nitrogen and oxygen atoms in total. The van der Waals surface area contributed by atoms with Crippen molar-refractivity contribution in [3.8, 4) is 0 Å². The Balaban J connectivity index is 2.08. The molecule has 0 bridgehead atoms. The summed E-state index contributed by atoms with van der Waals surface area (Å²) in [4.78, 5) is 15.7. The van der Waals surface area contributed by atoms with E-state index in [-0.39, 0.29) is 5.91 Å². The van der Waals surface area contributed by atoms with Gasteiger partial charge in [0.2, 0.25) is 5.91 Å². The number of carbonyl (C=O) groups is 1. The van der Waals surface area contributed by atoms with Crippen molar-refractivity contribution in [3.05, 3.63) is 16.1 Å². The second kappa shape index (κ2) is 7.35. The lowest BCUT2D eigenvalue weighted by atomic mass is 10.2. The number of aryl methyl sites for hydroxylation is 2. The number of nitrogens with zero attached hydrogens (tertiary/aromatic N) is 1. The van der Waals surface area contributed by atoms with E-state index in [9.17, 15) is 4.79 Å². The lowest BCUT2D eigenvalue weighted by molar-refractivity contribution is -0.121. The first kappa shape index (κ1) is 13.1. The number of hydrogen-bond donors (Lipinski definition) is 2. The van der Waals surface area contributed by atoms with Crippen LogP contribution >= 0.6 is 11.3 Å². The summed E-state index contributed by atoms with van der Waals surface area (Å²) in [6.07, 6.45) is 3.16. The van der Waals surface area contributed by atoms with E-state index in [1.807, 2.05) is 6.92 Å². The Labute approximate surface area is 100 Å². The van der Waals surface area contributed by atoms with Gasteiger partial charge in [0.1, 0.15) is 0 Å². The largest absolute Gasteiger partial charge is 0.356 e. The van der Waals surface area contributed by atoms with E-state index in [1.54, 1.807) is 11.3 Å². The van der Waals surface area contributed by atoms with E-state index in [0.29, 0.717) is 19.5 Å². The van der Waals surface area contributed by atoms with E-state index >= 15 is 0 Å². The molecule has 16 heavy (non-hydrogen) atoms. The van der Waals surface area contributed by atoms with Crippen molar-refractivity contribution in [3.63, 3.8) is 0 Å². The molecule has 1 aromatic heterocycles. The van der Waals surface area contributed by atoms with Crippen LogP contribution in [0.25, 0.3) is 0 Å². The zero-order valence-corrected chi connectivity index (χ0v) is 10.5. The molecule has 0 saturated carbocycles. The summed E-state index contributed by atoms with van der Waals surface area (Å²) in [5, 5.41) is 5.98. The van der Waals surface area contributed by atoms with Gasteiger partial charge >= 0.3 is 0 Å². The SMILES string of the molecule is Cc1nc(CCCC(=O)NCCCN)cs1. The van der Waals surface area contributed by atoms with Gasteiger partial charge in [-0.3, -0.25) is 4.79 Å². The highest BCUT2D eigenvalue weighted by Gasteiger charge is 2.02. The minimum Gasteiger partial charge on any atom is -0.356 e. The van der Waals surface area contributed by atoms with Crippen LogP contribution in [0.15, 0.2) is 5.38 Å². The monoisotopic (exact) mass is 241 g/mol. The number of carbonyl (C=O) groups excluding carboxylic acids is 1. The molecular formula is C11H19N3OS. The Morgan fingerprint density at radius 2 is 2.38 bits per heavy atom. The van der Waals surface area contributed by atoms with Crippen molar-refractivity contribution in [2.45, 2.75) is 32.6 Å². The lowest BCUT2D eigenvalue weighted by Gasteiger charge is -2.03. The van der Waals surface area contributed by atoms with Crippen LogP contribution in [0.1, 0.15) is 30.0 Å². The average molecular weight is 241 g/mol. The van der Waals surface area contributed by atoms with Crippen LogP contribution in [0.5, 0.6) is 0 Å². The normalized spacial score (nSPS) is 10.4. The van der Waals surface area contributed by atoms with E-state index in [0.717, 1.165) is 30.0 Å². The molecule has 0 radical (unpaired) electrons. The Bertz CT molecular complexity index is 325. The van der Waals surface area contributed by atoms with Gasteiger partial charge in [-0.15, -0.1) is 11.3 Å². The highest BCUT2D eigenvalue weighted by molar-refractivity contribution is 7.09. The number of nitrogens with two attached hydrogens (primary N) is 1. The van der Waals surface area contributed by atoms with Gasteiger partial charge < -0.3 is 11.1 Å². The van der Waals surface area contributed by atoms with Crippen LogP contribution in [-0.4, -0.2) is 24.0 Å². The predicted octanol–water partition coefficient (Wildman–Crippen LogP) is 1.24. The zero-order chi connectivity index (χ0) is 11.8. The molecule has 1 amide bonds. The van der Waals surface area contributed by atoms with E-state index in [4.69, 9.17) is 5.73 Å². The number of hydrogen-bond acceptors (Lipinski definition) is 4. The maximum Gasteiger partial charge on any atom is 0.220 e. The number of amides is 1. The van der Waals surface area contributed by atoms with Crippen molar-refractivity contribution in [2.24, 2.45) is 5.73 Å². The van der Waals surface area contributed by atoms with Crippen molar-refractivity contribution in [1.82, 2.24) is 10.3 Å². The van der Waals surface area contributed by atoms with Gasteiger partial charge in [-0.25, -0.2) is 4.98 Å². The standard InChI is InChI=1S/C11H19N3OS/c1-9-14-10(8-16-9)4-2-5-11(15)13-7-3-6-12/h8H,2-7,12H2,1H3,(H,13,15). The number of thiazole rings is 1. The number of rotatable bonds is 7. The molecule has 0 aliphatic carbocycles. The highest BCUT2D eigenvalue weighted by atomic mass is 32.1. The molecule has 0 aliphatic rings. The molecule has 5 heteroatoms. The minimum atomic E-state index is 0.111. The third-order valence-corrected chi connectivity index (χ3v) is 3.03. The van der Waals surface area contributed by atoms with Gasteiger partial charge in [-0.2, -0.15) is 0 Å². The first-order valence-corrected chi connectivity index (χ1v) is 6.48. The van der Waals surface area contributed by atoms with Gasteiger partial charge in [-0.05, 0) is 32.7 Å². The smallest absolute Gasteiger partial charge is 0.220 e. The van der Waals surface area contributed by atoms with Gasteiger partial charge in [0.15, 0.2) is 0 Å². The zero-order valence-electron chi connectivity index (χ0n) is 9.66. The average Bonchev–Trinajstić information content (AvgIpc) is 2.65. The quantitative estimate of drug-likeness (QED) is 0.706. The maximum atomic E-state index is 11.3. The molecule has 0 fully saturated rings. The Morgan fingerprint density at radius 3 is 3.00 bits per heavy atom. The molecular weight excluding hydrogens is 222 g/mol. The van der Waals surface area contributed by atoms with Gasteiger partial charge in [0, 0.05) is 18.3 Å². The fraction of sp³-hybridized carbons (Fsp3) is 0.636. The third kappa shape index (κ3) is 5.23. The van der Waals surface area contributed by atoms with Crippen LogP contribution in [0.3, 0.4) is 0 Å². The summed E-state index contributed by atoms with van der Waals surface area (Å²) in [7, 11) is 0. The lowest BCUT2D eigenvalue weighted by Crippen LogP contribution is -2.25. The van der Waals surface area contributed by atoms with E-state index in [2.05, 4.69) is 15.7 Å². The summed E-state index contributed by atoms with van der Waals surface area (Å²) < 4.78 is 0. The van der Waals surface area contributed by atoms with Gasteiger partial charge in [0.05, 0.1) is 10.7 Å². The molecule has 0 unspecified atom stereocenters. The van der Waals surface area contributed by atoms with Crippen LogP contribution < -0.4 is 11.1 Å². The van der Waals surface area contributed by atoms with Crippen molar-refractivity contribution < 1.29 is 4.79 Å². The third-order valence-electron chi connectivity index (χ3n) is 2.21. The Hall–Kier alpha value is -0.940. The Morgan fingerprint density at radius 1 is 1.56 bits per heavy atom. The van der Waals surface area contributed by atoms with Gasteiger partial charge in [0.25, 0.3) is 0 Å². The molecule has 3 N–H and O–H groups in total. The first-order chi connectivity index (χ1) is 7.72. The summed E-state index contributed by atoms with van der Waals surface area (Å²) in [6, 6.07) is 0. The molecule has 0 spiro atoms. The first-order valence-electron chi connectivity index (χ1n) is 5.60. The molecule has 0 aromatic carbocycles. The van der Waals surface area contributed by atoms with E-state index < -0.39 is 0 Å². The summed E-state index contributed by atoms with van der Waals surface area (Å²) >= 11 is 1.65. The highest BCUT2D eigenvalue weighted by Crippen LogP contribution is 2.10. The van der Waals surface area contributed by atoms with Crippen LogP contribution in [0.2, 0.25) is 0 Å². The summed E-state index contributed by atoms with van der Waals surface area (Å²) in [5.41, 5.74) is 6.43. The number of aromatic nitrogens is 1. The second-order valence-electron chi connectivity index (χ2n) is 3.70. The fourth-order valence-electron chi connectivity index (χ4n) is 1.37. The van der Waals surface area contributed by atoms with Crippen molar-refractivity contribution in [2.75, 3.05) is 13.1 Å². The molecule has 0 saturated heterocycles. The second-order valence-corrected chi connectivity index (χ2v) is 4.77. The molecule has 1 rings (SSSR count). The predicted molar refractivity (Wildman–Crippen MR) is 66.5 cm³/mol. The fourth-order valence-corrected chi connectivity index (χ4v) is 2.02. The minimum absolute atomic E-state index is 0.111. The van der Waals surface area contributed by atoms with Crippen LogP contribution in [0, 0.1) is 6.92 Å². The van der Waals surface area contributed by atoms with Crippen molar-refractivity contribution in [1.29, 1.82) is 0 Å². The van der Waals surface area contributed by atoms with Gasteiger partial charge in [-0.1, -0.05) is 0 Å². The maximum absolute atomic E-state index is 11.3. The molecule has 1 aromatic rings. The topological polar surface area (TPSA) is 68.0 Å². The van der Waals surface area contributed by atoms with Crippen LogP contribution in [0.4, 0.5) is 0 Å². The molecule has 0 aliphatic heterocycles. The summed E-state index contributed by atoms with van der Waals surface area (Å²) in [5.74, 6) is 0.111. The molecule has 0 atom stereocenters. The molecule has 1 heterocycles. The Kier molecular flexibility index (Phi) is 6.03. The number of nitrogens with one attached hydrogen (secondary N) is 1. The van der Waals surface area contributed by atoms with Crippen molar-refractivity contribution >= 4 is 17.2 Å². The molecule has 90 valence electrons. The van der Waals surface area contributed by atoms with Crippen LogP contribution in [-0.2, 0) is 11.2 Å².